The number of hydrogen-bond acceptors (Lipinski definition) is 4. The van der Waals surface area contributed by atoms with Crippen molar-refractivity contribution in [1.29, 1.82) is 0 Å². The molecule has 1 amide bonds. The molecule has 144 valence electrons. The lowest BCUT2D eigenvalue weighted by atomic mass is 10.1. The second-order valence-electron chi connectivity index (χ2n) is 7.00. The highest BCUT2D eigenvalue weighted by atomic mass is 32.2. The number of amides is 1. The Labute approximate surface area is 160 Å². The molecule has 1 saturated heterocycles. The summed E-state index contributed by atoms with van der Waals surface area (Å²) in [5.41, 5.74) is 2.55. The quantitative estimate of drug-likeness (QED) is 0.845. The lowest BCUT2D eigenvalue weighted by Gasteiger charge is -2.34. The number of nitrogens with zero attached hydrogens (tertiary/aromatic N) is 1. The smallest absolute Gasteiger partial charge is 0.262 e. The molecule has 1 aliphatic heterocycles. The van der Waals surface area contributed by atoms with E-state index in [1.165, 1.54) is 0 Å². The molecule has 6 nitrogen and oxygen atoms in total. The van der Waals surface area contributed by atoms with Gasteiger partial charge in [0.1, 0.15) is 0 Å². The SMILES string of the molecule is Cc1ccc(C)c(S(=O)(=O)Nc2ccc(C(=O)N3CCNC[C@H]3C)cc2)c1. The molecule has 0 spiro atoms. The number of anilines is 1. The molecule has 0 saturated carbocycles. The van der Waals surface area contributed by atoms with Gasteiger partial charge in [0.25, 0.3) is 15.9 Å². The van der Waals surface area contributed by atoms with Gasteiger partial charge in [0.05, 0.1) is 4.90 Å². The van der Waals surface area contributed by atoms with Crippen LogP contribution >= 0.6 is 0 Å². The first-order valence-corrected chi connectivity index (χ1v) is 10.5. The zero-order valence-electron chi connectivity index (χ0n) is 15.8. The van der Waals surface area contributed by atoms with Crippen LogP contribution in [0.1, 0.15) is 28.4 Å². The molecule has 2 N–H and O–H groups in total. The number of benzene rings is 2. The number of rotatable bonds is 4. The van der Waals surface area contributed by atoms with Gasteiger partial charge in [0.2, 0.25) is 0 Å². The van der Waals surface area contributed by atoms with Crippen LogP contribution in [-0.2, 0) is 10.0 Å². The topological polar surface area (TPSA) is 78.5 Å². The first-order valence-electron chi connectivity index (χ1n) is 9.00. The standard InChI is InChI=1S/C20H25N3O3S/c1-14-4-5-15(2)19(12-14)27(25,26)22-18-8-6-17(7-9-18)20(24)23-11-10-21-13-16(23)3/h4-9,12,16,21-22H,10-11,13H2,1-3H3/t16-/m1/s1. The molecule has 0 aliphatic carbocycles. The van der Waals surface area contributed by atoms with Crippen molar-refractivity contribution in [3.8, 4) is 0 Å². The third-order valence-electron chi connectivity index (χ3n) is 4.78. The number of sulfonamides is 1. The largest absolute Gasteiger partial charge is 0.333 e. The Hall–Kier alpha value is -2.38. The molecule has 3 rings (SSSR count). The van der Waals surface area contributed by atoms with Crippen LogP contribution in [0, 0.1) is 13.8 Å². The number of aryl methyl sites for hydroxylation is 2. The molecule has 0 unspecified atom stereocenters. The number of piperazine rings is 1. The number of carbonyl (C=O) groups is 1. The van der Waals surface area contributed by atoms with Crippen molar-refractivity contribution in [2.24, 2.45) is 0 Å². The summed E-state index contributed by atoms with van der Waals surface area (Å²) in [7, 11) is -3.68. The Balaban J connectivity index is 1.77. The normalized spacial score (nSPS) is 17.6. The molecular weight excluding hydrogens is 362 g/mol. The summed E-state index contributed by atoms with van der Waals surface area (Å²) in [6.45, 7) is 7.86. The molecule has 1 atom stereocenters. The van der Waals surface area contributed by atoms with Gasteiger partial charge in [-0.1, -0.05) is 12.1 Å². The van der Waals surface area contributed by atoms with E-state index in [1.807, 2.05) is 24.8 Å². The third-order valence-corrected chi connectivity index (χ3v) is 6.30. The number of carbonyl (C=O) groups excluding carboxylic acids is 1. The summed E-state index contributed by atoms with van der Waals surface area (Å²) < 4.78 is 28.0. The first kappa shape index (κ1) is 19.4. The summed E-state index contributed by atoms with van der Waals surface area (Å²) >= 11 is 0. The van der Waals surface area contributed by atoms with Crippen molar-refractivity contribution >= 4 is 21.6 Å². The fraction of sp³-hybridized carbons (Fsp3) is 0.350. The predicted molar refractivity (Wildman–Crippen MR) is 107 cm³/mol. The highest BCUT2D eigenvalue weighted by molar-refractivity contribution is 7.92. The Kier molecular flexibility index (Phi) is 5.53. The highest BCUT2D eigenvalue weighted by Gasteiger charge is 2.24. The van der Waals surface area contributed by atoms with Gasteiger partial charge >= 0.3 is 0 Å². The molecule has 1 aliphatic rings. The van der Waals surface area contributed by atoms with Gasteiger partial charge in [-0.2, -0.15) is 0 Å². The molecule has 2 aromatic rings. The molecule has 0 bridgehead atoms. The van der Waals surface area contributed by atoms with E-state index in [1.54, 1.807) is 43.3 Å². The Morgan fingerprint density at radius 2 is 1.85 bits per heavy atom. The molecular formula is C20H25N3O3S. The number of hydrogen-bond donors (Lipinski definition) is 2. The summed E-state index contributed by atoms with van der Waals surface area (Å²) in [6.07, 6.45) is 0. The Bertz CT molecular complexity index is 939. The monoisotopic (exact) mass is 387 g/mol. The van der Waals surface area contributed by atoms with Crippen molar-refractivity contribution in [1.82, 2.24) is 10.2 Å². The maximum absolute atomic E-state index is 12.7. The average molecular weight is 388 g/mol. The zero-order valence-corrected chi connectivity index (χ0v) is 16.6. The van der Waals surface area contributed by atoms with E-state index in [2.05, 4.69) is 10.0 Å². The fourth-order valence-electron chi connectivity index (χ4n) is 3.20. The van der Waals surface area contributed by atoms with Gasteiger partial charge in [-0.3, -0.25) is 9.52 Å². The summed E-state index contributed by atoms with van der Waals surface area (Å²) in [4.78, 5) is 14.8. The van der Waals surface area contributed by atoms with E-state index in [-0.39, 0.29) is 16.8 Å². The number of nitrogens with one attached hydrogen (secondary N) is 2. The first-order chi connectivity index (χ1) is 12.8. The summed E-state index contributed by atoms with van der Waals surface area (Å²) in [6, 6.07) is 12.0. The van der Waals surface area contributed by atoms with E-state index in [9.17, 15) is 13.2 Å². The molecule has 2 aromatic carbocycles. The van der Waals surface area contributed by atoms with Crippen LogP contribution in [0.4, 0.5) is 5.69 Å². The van der Waals surface area contributed by atoms with Crippen molar-refractivity contribution < 1.29 is 13.2 Å². The van der Waals surface area contributed by atoms with E-state index >= 15 is 0 Å². The minimum absolute atomic E-state index is 0.0343. The minimum atomic E-state index is -3.68. The third kappa shape index (κ3) is 4.31. The molecule has 27 heavy (non-hydrogen) atoms. The molecule has 0 aromatic heterocycles. The van der Waals surface area contributed by atoms with Gasteiger partial charge < -0.3 is 10.2 Å². The van der Waals surface area contributed by atoms with Crippen molar-refractivity contribution in [3.63, 3.8) is 0 Å². The fourth-order valence-corrected chi connectivity index (χ4v) is 4.59. The van der Waals surface area contributed by atoms with E-state index < -0.39 is 10.0 Å². The molecule has 7 heteroatoms. The van der Waals surface area contributed by atoms with E-state index in [4.69, 9.17) is 0 Å². The van der Waals surface area contributed by atoms with Gasteiger partial charge in [-0.15, -0.1) is 0 Å². The second-order valence-corrected chi connectivity index (χ2v) is 8.65. The molecule has 1 fully saturated rings. The van der Waals surface area contributed by atoms with Crippen molar-refractivity contribution in [2.45, 2.75) is 31.7 Å². The highest BCUT2D eigenvalue weighted by Crippen LogP contribution is 2.21. The van der Waals surface area contributed by atoms with Gasteiger partial charge in [-0.25, -0.2) is 8.42 Å². The summed E-state index contributed by atoms with van der Waals surface area (Å²) in [5.74, 6) is -0.0343. The van der Waals surface area contributed by atoms with Crippen LogP contribution in [0.25, 0.3) is 0 Å². The van der Waals surface area contributed by atoms with Crippen LogP contribution in [0.5, 0.6) is 0 Å². The maximum Gasteiger partial charge on any atom is 0.262 e. The second kappa shape index (κ2) is 7.70. The van der Waals surface area contributed by atoms with Crippen LogP contribution in [0.3, 0.4) is 0 Å². The van der Waals surface area contributed by atoms with E-state index in [0.29, 0.717) is 23.4 Å². The molecule has 0 radical (unpaired) electrons. The lowest BCUT2D eigenvalue weighted by molar-refractivity contribution is 0.0656. The minimum Gasteiger partial charge on any atom is -0.333 e. The predicted octanol–water partition coefficient (Wildman–Crippen LogP) is 2.54. The van der Waals surface area contributed by atoms with E-state index in [0.717, 1.165) is 18.7 Å². The van der Waals surface area contributed by atoms with Gasteiger partial charge in [0, 0.05) is 36.9 Å². The van der Waals surface area contributed by atoms with Crippen LogP contribution in [0.15, 0.2) is 47.4 Å². The molecule has 1 heterocycles. The zero-order chi connectivity index (χ0) is 19.6. The van der Waals surface area contributed by atoms with Crippen molar-refractivity contribution in [3.05, 3.63) is 59.2 Å². The van der Waals surface area contributed by atoms with Crippen LogP contribution in [0.2, 0.25) is 0 Å². The van der Waals surface area contributed by atoms with Crippen LogP contribution < -0.4 is 10.0 Å². The van der Waals surface area contributed by atoms with Crippen molar-refractivity contribution in [2.75, 3.05) is 24.4 Å². The van der Waals surface area contributed by atoms with Gasteiger partial charge in [-0.05, 0) is 62.2 Å². The van der Waals surface area contributed by atoms with Gasteiger partial charge in [0.15, 0.2) is 0 Å². The Morgan fingerprint density at radius 3 is 2.52 bits per heavy atom. The Morgan fingerprint density at radius 1 is 1.15 bits per heavy atom. The summed E-state index contributed by atoms with van der Waals surface area (Å²) in [5, 5.41) is 3.26. The average Bonchev–Trinajstić information content (AvgIpc) is 2.64. The lowest BCUT2D eigenvalue weighted by Crippen LogP contribution is -2.52. The maximum atomic E-state index is 12.7. The van der Waals surface area contributed by atoms with Crippen LogP contribution in [-0.4, -0.2) is 44.9 Å².